The summed E-state index contributed by atoms with van der Waals surface area (Å²) in [7, 11) is 0. The van der Waals surface area contributed by atoms with E-state index in [0.29, 0.717) is 76.5 Å². The third-order valence-corrected chi connectivity index (χ3v) is 6.95. The summed E-state index contributed by atoms with van der Waals surface area (Å²) in [6, 6.07) is 12.0. The molecule has 2 aromatic carbocycles. The standard InChI is InChI=1S/C26H25Cl2FN6O/c27-18-5-3-6-19(28)24(18)26-32-21-16-31-22(9-8-17-4-1-2-7-20(17)29)33-25(21)35(26)13-10-23(36)34-14-11-30-12-15-34/h1-7,16,30H,8-15H2. The summed E-state index contributed by atoms with van der Waals surface area (Å²) in [6.07, 6.45) is 2.87. The van der Waals surface area contributed by atoms with Crippen molar-refractivity contribution in [2.24, 2.45) is 0 Å². The number of rotatable bonds is 7. The number of amides is 1. The van der Waals surface area contributed by atoms with Gasteiger partial charge in [-0.1, -0.05) is 47.5 Å². The lowest BCUT2D eigenvalue weighted by atomic mass is 10.1. The maximum atomic E-state index is 14.1. The van der Waals surface area contributed by atoms with Crippen LogP contribution in [0, 0.1) is 5.82 Å². The van der Waals surface area contributed by atoms with Crippen LogP contribution in [0.1, 0.15) is 17.8 Å². The minimum absolute atomic E-state index is 0.0726. The molecule has 1 amide bonds. The number of halogens is 3. The van der Waals surface area contributed by atoms with Crippen LogP contribution in [-0.4, -0.2) is 56.5 Å². The largest absolute Gasteiger partial charge is 0.340 e. The lowest BCUT2D eigenvalue weighted by Crippen LogP contribution is -2.46. The van der Waals surface area contributed by atoms with Crippen LogP contribution in [0.25, 0.3) is 22.6 Å². The number of hydrogen-bond donors (Lipinski definition) is 1. The van der Waals surface area contributed by atoms with Crippen molar-refractivity contribution in [3.05, 3.63) is 75.9 Å². The Morgan fingerprint density at radius 1 is 1.00 bits per heavy atom. The van der Waals surface area contributed by atoms with Gasteiger partial charge in [-0.05, 0) is 30.2 Å². The fraction of sp³-hybridized carbons (Fsp3) is 0.308. The van der Waals surface area contributed by atoms with E-state index in [1.54, 1.807) is 36.5 Å². The van der Waals surface area contributed by atoms with Gasteiger partial charge in [-0.2, -0.15) is 0 Å². The first-order valence-corrected chi connectivity index (χ1v) is 12.7. The highest BCUT2D eigenvalue weighted by molar-refractivity contribution is 6.39. The predicted molar refractivity (Wildman–Crippen MR) is 139 cm³/mol. The van der Waals surface area contributed by atoms with E-state index in [1.165, 1.54) is 6.07 Å². The molecule has 3 heterocycles. The number of imidazole rings is 1. The SMILES string of the molecule is O=C(CCn1c(-c2c(Cl)cccc2Cl)nc2cnc(CCc3ccccc3F)nc21)N1CCNCC1. The normalized spacial score (nSPS) is 13.9. The molecule has 1 saturated heterocycles. The molecule has 0 unspecified atom stereocenters. The molecule has 2 aromatic heterocycles. The molecule has 7 nitrogen and oxygen atoms in total. The molecule has 1 aliphatic rings. The summed E-state index contributed by atoms with van der Waals surface area (Å²) in [5.41, 5.74) is 2.36. The zero-order valence-electron chi connectivity index (χ0n) is 19.6. The second-order valence-electron chi connectivity index (χ2n) is 8.65. The fourth-order valence-corrected chi connectivity index (χ4v) is 4.98. The molecule has 10 heteroatoms. The van der Waals surface area contributed by atoms with Crippen LogP contribution in [0.5, 0.6) is 0 Å². The van der Waals surface area contributed by atoms with Crippen LogP contribution >= 0.6 is 23.2 Å². The number of piperazine rings is 1. The molecule has 0 spiro atoms. The lowest BCUT2D eigenvalue weighted by molar-refractivity contribution is -0.131. The first-order chi connectivity index (χ1) is 17.5. The van der Waals surface area contributed by atoms with Crippen molar-refractivity contribution in [1.82, 2.24) is 29.7 Å². The van der Waals surface area contributed by atoms with Gasteiger partial charge in [0.2, 0.25) is 5.91 Å². The molecule has 0 saturated carbocycles. The molecule has 5 rings (SSSR count). The third-order valence-electron chi connectivity index (χ3n) is 6.32. The highest BCUT2D eigenvalue weighted by Gasteiger charge is 2.22. The van der Waals surface area contributed by atoms with E-state index in [9.17, 15) is 9.18 Å². The maximum Gasteiger partial charge on any atom is 0.224 e. The van der Waals surface area contributed by atoms with Crippen LogP contribution < -0.4 is 5.32 Å². The van der Waals surface area contributed by atoms with Gasteiger partial charge in [0.25, 0.3) is 0 Å². The number of carbonyl (C=O) groups is 1. The smallest absolute Gasteiger partial charge is 0.224 e. The molecule has 36 heavy (non-hydrogen) atoms. The Kier molecular flexibility index (Phi) is 7.46. The van der Waals surface area contributed by atoms with Crippen LogP contribution in [-0.2, 0) is 24.2 Å². The predicted octanol–water partition coefficient (Wildman–Crippen LogP) is 4.55. The quantitative estimate of drug-likeness (QED) is 0.382. The monoisotopic (exact) mass is 526 g/mol. The number of hydrogen-bond acceptors (Lipinski definition) is 5. The number of nitrogens with one attached hydrogen (secondary N) is 1. The van der Waals surface area contributed by atoms with Gasteiger partial charge in [0.05, 0.1) is 21.8 Å². The summed E-state index contributed by atoms with van der Waals surface area (Å²) in [4.78, 5) is 28.7. The molecule has 4 aromatic rings. The number of aryl methyl sites for hydroxylation is 3. The highest BCUT2D eigenvalue weighted by Crippen LogP contribution is 2.35. The van der Waals surface area contributed by atoms with E-state index in [4.69, 9.17) is 33.2 Å². The Bertz CT molecular complexity index is 1380. The van der Waals surface area contributed by atoms with E-state index >= 15 is 0 Å². The molecule has 186 valence electrons. The van der Waals surface area contributed by atoms with Crippen molar-refractivity contribution < 1.29 is 9.18 Å². The van der Waals surface area contributed by atoms with Crippen LogP contribution in [0.15, 0.2) is 48.7 Å². The number of carbonyl (C=O) groups excluding carboxylic acids is 1. The number of benzene rings is 2. The second kappa shape index (κ2) is 10.9. The van der Waals surface area contributed by atoms with Crippen molar-refractivity contribution in [3.63, 3.8) is 0 Å². The molecular formula is C26H25Cl2FN6O. The van der Waals surface area contributed by atoms with E-state index in [0.717, 1.165) is 13.1 Å². The maximum absolute atomic E-state index is 14.1. The summed E-state index contributed by atoms with van der Waals surface area (Å²) in [5.74, 6) is 0.931. The average Bonchev–Trinajstić information content (AvgIpc) is 3.24. The first-order valence-electron chi connectivity index (χ1n) is 11.9. The molecule has 1 N–H and O–H groups in total. The zero-order valence-corrected chi connectivity index (χ0v) is 21.1. The first kappa shape index (κ1) is 24.6. The minimum atomic E-state index is -0.245. The summed E-state index contributed by atoms with van der Waals surface area (Å²) >= 11 is 13.0. The topological polar surface area (TPSA) is 75.9 Å². The Balaban J connectivity index is 1.49. The average molecular weight is 527 g/mol. The van der Waals surface area contributed by atoms with Gasteiger partial charge in [-0.25, -0.2) is 19.3 Å². The van der Waals surface area contributed by atoms with Gasteiger partial charge in [0, 0.05) is 45.6 Å². The Morgan fingerprint density at radius 3 is 2.50 bits per heavy atom. The summed E-state index contributed by atoms with van der Waals surface area (Å²) < 4.78 is 16.0. The van der Waals surface area contributed by atoms with Crippen LogP contribution in [0.3, 0.4) is 0 Å². The van der Waals surface area contributed by atoms with Gasteiger partial charge in [-0.3, -0.25) is 4.79 Å². The van der Waals surface area contributed by atoms with E-state index < -0.39 is 0 Å². The van der Waals surface area contributed by atoms with E-state index in [2.05, 4.69) is 10.3 Å². The van der Waals surface area contributed by atoms with Crippen molar-refractivity contribution in [2.45, 2.75) is 25.8 Å². The van der Waals surface area contributed by atoms with E-state index in [1.807, 2.05) is 15.5 Å². The van der Waals surface area contributed by atoms with Crippen LogP contribution in [0.2, 0.25) is 10.0 Å². The lowest BCUT2D eigenvalue weighted by Gasteiger charge is -2.27. The molecule has 1 fully saturated rings. The number of nitrogens with zero attached hydrogens (tertiary/aromatic N) is 5. The van der Waals surface area contributed by atoms with Gasteiger partial charge in [0.15, 0.2) is 5.65 Å². The van der Waals surface area contributed by atoms with Gasteiger partial charge < -0.3 is 14.8 Å². The molecule has 1 aliphatic heterocycles. The van der Waals surface area contributed by atoms with E-state index in [-0.39, 0.29) is 18.1 Å². The Morgan fingerprint density at radius 2 is 1.75 bits per heavy atom. The molecule has 0 atom stereocenters. The van der Waals surface area contributed by atoms with Crippen LogP contribution in [0.4, 0.5) is 4.39 Å². The fourth-order valence-electron chi connectivity index (χ4n) is 4.42. The van der Waals surface area contributed by atoms with Crippen molar-refractivity contribution in [2.75, 3.05) is 26.2 Å². The third kappa shape index (κ3) is 5.21. The Labute approximate surface area is 218 Å². The van der Waals surface area contributed by atoms with Gasteiger partial charge in [0.1, 0.15) is 23.0 Å². The summed E-state index contributed by atoms with van der Waals surface area (Å²) in [6.45, 7) is 3.32. The zero-order chi connectivity index (χ0) is 25.1. The highest BCUT2D eigenvalue weighted by atomic mass is 35.5. The van der Waals surface area contributed by atoms with Crippen molar-refractivity contribution in [1.29, 1.82) is 0 Å². The van der Waals surface area contributed by atoms with Crippen molar-refractivity contribution in [3.8, 4) is 11.4 Å². The molecule has 0 radical (unpaired) electrons. The molecule has 0 aliphatic carbocycles. The number of aromatic nitrogens is 4. The van der Waals surface area contributed by atoms with Gasteiger partial charge >= 0.3 is 0 Å². The summed E-state index contributed by atoms with van der Waals surface area (Å²) in [5, 5.41) is 4.18. The van der Waals surface area contributed by atoms with Gasteiger partial charge in [-0.15, -0.1) is 0 Å². The second-order valence-corrected chi connectivity index (χ2v) is 9.47. The van der Waals surface area contributed by atoms with Crippen molar-refractivity contribution >= 4 is 40.3 Å². The molecular weight excluding hydrogens is 502 g/mol. The molecule has 0 bridgehead atoms. The minimum Gasteiger partial charge on any atom is -0.340 e. The Hall–Kier alpha value is -3.07. The number of fused-ring (bicyclic) bond motifs is 1.